The minimum absolute atomic E-state index is 0.409. The van der Waals surface area contributed by atoms with Gasteiger partial charge >= 0.3 is 0 Å². The lowest BCUT2D eigenvalue weighted by Crippen LogP contribution is -2.47. The molecule has 6 heteroatoms. The van der Waals surface area contributed by atoms with Crippen molar-refractivity contribution in [3.8, 4) is 5.75 Å². The highest BCUT2D eigenvalue weighted by Crippen LogP contribution is 2.21. The maximum atomic E-state index is 12.4. The van der Waals surface area contributed by atoms with E-state index >= 15 is 0 Å². The zero-order valence-electron chi connectivity index (χ0n) is 15.3. The van der Waals surface area contributed by atoms with Crippen molar-refractivity contribution >= 4 is 11.6 Å². The summed E-state index contributed by atoms with van der Waals surface area (Å²) in [6.45, 7) is 5.07. The van der Waals surface area contributed by atoms with Gasteiger partial charge in [0.15, 0.2) is 6.10 Å². The number of nitrogens with one attached hydrogen (secondary N) is 1. The van der Waals surface area contributed by atoms with Crippen molar-refractivity contribution in [1.82, 2.24) is 5.32 Å². The number of aliphatic hydroxyl groups is 2. The molecule has 26 heavy (non-hydrogen) atoms. The summed E-state index contributed by atoms with van der Waals surface area (Å²) in [5.74, 6) is 0.215. The normalized spacial score (nSPS) is 14.3. The first-order valence-electron chi connectivity index (χ1n) is 8.50. The van der Waals surface area contributed by atoms with Gasteiger partial charge in [0, 0.05) is 5.69 Å². The van der Waals surface area contributed by atoms with Crippen LogP contribution in [-0.4, -0.2) is 34.9 Å². The lowest BCUT2D eigenvalue weighted by molar-refractivity contribution is -0.129. The van der Waals surface area contributed by atoms with Crippen LogP contribution in [0.15, 0.2) is 42.5 Å². The smallest absolute Gasteiger partial charge is 0.261 e. The van der Waals surface area contributed by atoms with Crippen LogP contribution < -0.4 is 15.8 Å². The Balaban J connectivity index is 2.03. The number of benzene rings is 2. The van der Waals surface area contributed by atoms with Crippen molar-refractivity contribution < 1.29 is 19.7 Å². The Kier molecular flexibility index (Phi) is 6.60. The molecule has 0 bridgehead atoms. The van der Waals surface area contributed by atoms with Gasteiger partial charge in [0.2, 0.25) is 0 Å². The van der Waals surface area contributed by atoms with Crippen molar-refractivity contribution in [2.45, 2.75) is 39.0 Å². The number of aliphatic hydroxyl groups excluding tert-OH is 2. The van der Waals surface area contributed by atoms with Gasteiger partial charge in [0.25, 0.3) is 5.91 Å². The van der Waals surface area contributed by atoms with Gasteiger partial charge in [-0.05, 0) is 55.7 Å². The lowest BCUT2D eigenvalue weighted by atomic mass is 10.0. The standard InChI is InChI=1S/C20H26N2O4/c1-12-4-5-13(2)18(10-12)26-14(3)20(25)22-17(11-23)19(24)15-6-8-16(21)9-7-15/h4-10,14,17,19,23-24H,11,21H2,1-3H3,(H,22,25). The third-order valence-corrected chi connectivity index (χ3v) is 4.20. The molecule has 1 amide bonds. The molecule has 2 aromatic rings. The molecule has 0 aliphatic heterocycles. The van der Waals surface area contributed by atoms with Crippen LogP contribution in [0.2, 0.25) is 0 Å². The van der Waals surface area contributed by atoms with Gasteiger partial charge in [-0.2, -0.15) is 0 Å². The van der Waals surface area contributed by atoms with Crippen LogP contribution in [0.4, 0.5) is 5.69 Å². The monoisotopic (exact) mass is 358 g/mol. The van der Waals surface area contributed by atoms with Crippen LogP contribution in [-0.2, 0) is 4.79 Å². The average Bonchev–Trinajstić information content (AvgIpc) is 2.62. The molecule has 0 saturated heterocycles. The van der Waals surface area contributed by atoms with Gasteiger partial charge in [0.1, 0.15) is 11.9 Å². The Morgan fingerprint density at radius 2 is 1.85 bits per heavy atom. The highest BCUT2D eigenvalue weighted by atomic mass is 16.5. The fourth-order valence-electron chi connectivity index (χ4n) is 2.53. The zero-order valence-corrected chi connectivity index (χ0v) is 15.3. The average molecular weight is 358 g/mol. The Labute approximate surface area is 153 Å². The number of amides is 1. The Hall–Kier alpha value is -2.57. The summed E-state index contributed by atoms with van der Waals surface area (Å²) in [5, 5.41) is 22.6. The van der Waals surface area contributed by atoms with Crippen LogP contribution in [0.25, 0.3) is 0 Å². The van der Waals surface area contributed by atoms with E-state index in [4.69, 9.17) is 10.5 Å². The second kappa shape index (κ2) is 8.69. The number of hydrogen-bond donors (Lipinski definition) is 4. The molecular formula is C20H26N2O4. The summed E-state index contributed by atoms with van der Waals surface area (Å²) in [6, 6.07) is 11.5. The minimum atomic E-state index is -1.06. The fraction of sp³-hybridized carbons (Fsp3) is 0.350. The summed E-state index contributed by atoms with van der Waals surface area (Å²) in [5.41, 5.74) is 8.72. The van der Waals surface area contributed by atoms with E-state index in [9.17, 15) is 15.0 Å². The number of ether oxygens (including phenoxy) is 1. The Morgan fingerprint density at radius 3 is 2.46 bits per heavy atom. The molecule has 0 spiro atoms. The minimum Gasteiger partial charge on any atom is -0.481 e. The second-order valence-electron chi connectivity index (χ2n) is 6.44. The maximum Gasteiger partial charge on any atom is 0.261 e. The van der Waals surface area contributed by atoms with E-state index in [1.54, 1.807) is 31.2 Å². The number of carbonyl (C=O) groups is 1. The molecule has 0 fully saturated rings. The van der Waals surface area contributed by atoms with Crippen LogP contribution in [0.3, 0.4) is 0 Å². The maximum absolute atomic E-state index is 12.4. The number of hydrogen-bond acceptors (Lipinski definition) is 5. The first kappa shape index (κ1) is 19.8. The van der Waals surface area contributed by atoms with E-state index in [2.05, 4.69) is 5.32 Å². The van der Waals surface area contributed by atoms with Crippen LogP contribution in [0.5, 0.6) is 5.75 Å². The van der Waals surface area contributed by atoms with E-state index in [-0.39, 0.29) is 0 Å². The summed E-state index contributed by atoms with van der Waals surface area (Å²) >= 11 is 0. The van der Waals surface area contributed by atoms with Crippen LogP contribution in [0.1, 0.15) is 29.7 Å². The molecule has 0 radical (unpaired) electrons. The zero-order chi connectivity index (χ0) is 19.3. The van der Waals surface area contributed by atoms with Gasteiger partial charge in [-0.3, -0.25) is 4.79 Å². The highest BCUT2D eigenvalue weighted by Gasteiger charge is 2.25. The lowest BCUT2D eigenvalue weighted by Gasteiger charge is -2.25. The highest BCUT2D eigenvalue weighted by molar-refractivity contribution is 5.81. The number of carbonyl (C=O) groups excluding carboxylic acids is 1. The first-order valence-corrected chi connectivity index (χ1v) is 8.50. The molecule has 3 unspecified atom stereocenters. The molecule has 6 nitrogen and oxygen atoms in total. The second-order valence-corrected chi connectivity index (χ2v) is 6.44. The molecule has 2 rings (SSSR count). The van der Waals surface area contributed by atoms with Gasteiger partial charge in [0.05, 0.1) is 12.6 Å². The van der Waals surface area contributed by atoms with Crippen LogP contribution >= 0.6 is 0 Å². The number of nitrogen functional groups attached to an aromatic ring is 1. The largest absolute Gasteiger partial charge is 0.481 e. The third-order valence-electron chi connectivity index (χ3n) is 4.20. The fourth-order valence-corrected chi connectivity index (χ4v) is 2.53. The van der Waals surface area contributed by atoms with E-state index in [0.717, 1.165) is 11.1 Å². The van der Waals surface area contributed by atoms with Crippen molar-refractivity contribution in [2.75, 3.05) is 12.3 Å². The number of nitrogens with two attached hydrogens (primary N) is 1. The molecule has 3 atom stereocenters. The Morgan fingerprint density at radius 1 is 1.19 bits per heavy atom. The third kappa shape index (κ3) is 4.97. The quantitative estimate of drug-likeness (QED) is 0.566. The predicted molar refractivity (Wildman–Crippen MR) is 101 cm³/mol. The van der Waals surface area contributed by atoms with Gasteiger partial charge < -0.3 is 26.0 Å². The van der Waals surface area contributed by atoms with Crippen LogP contribution in [0, 0.1) is 13.8 Å². The molecule has 0 saturated carbocycles. The molecule has 0 aliphatic carbocycles. The van der Waals surface area contributed by atoms with E-state index in [1.165, 1.54) is 0 Å². The van der Waals surface area contributed by atoms with Gasteiger partial charge in [-0.1, -0.05) is 24.3 Å². The number of anilines is 1. The molecule has 2 aromatic carbocycles. The Bertz CT molecular complexity index is 746. The molecule has 0 aromatic heterocycles. The van der Waals surface area contributed by atoms with Gasteiger partial charge in [-0.15, -0.1) is 0 Å². The summed E-state index contributed by atoms with van der Waals surface area (Å²) < 4.78 is 5.74. The number of rotatable bonds is 7. The summed E-state index contributed by atoms with van der Waals surface area (Å²) in [7, 11) is 0. The SMILES string of the molecule is Cc1ccc(C)c(OC(C)C(=O)NC(CO)C(O)c2ccc(N)cc2)c1. The van der Waals surface area contributed by atoms with Crippen molar-refractivity contribution in [1.29, 1.82) is 0 Å². The first-order chi connectivity index (χ1) is 12.3. The van der Waals surface area contributed by atoms with Crippen molar-refractivity contribution in [2.24, 2.45) is 0 Å². The molecular weight excluding hydrogens is 332 g/mol. The molecule has 0 heterocycles. The number of aryl methyl sites for hydroxylation is 2. The van der Waals surface area contributed by atoms with Gasteiger partial charge in [-0.25, -0.2) is 0 Å². The van der Waals surface area contributed by atoms with Crippen molar-refractivity contribution in [3.63, 3.8) is 0 Å². The predicted octanol–water partition coefficient (Wildman–Crippen LogP) is 1.86. The van der Waals surface area contributed by atoms with E-state index < -0.39 is 30.8 Å². The van der Waals surface area contributed by atoms with E-state index in [1.807, 2.05) is 32.0 Å². The molecule has 0 aliphatic rings. The molecule has 140 valence electrons. The topological polar surface area (TPSA) is 105 Å². The molecule has 5 N–H and O–H groups in total. The van der Waals surface area contributed by atoms with Crippen molar-refractivity contribution in [3.05, 3.63) is 59.2 Å². The summed E-state index contributed by atoms with van der Waals surface area (Å²) in [6.07, 6.45) is -1.83. The van der Waals surface area contributed by atoms with E-state index in [0.29, 0.717) is 17.0 Å². The summed E-state index contributed by atoms with van der Waals surface area (Å²) in [4.78, 5) is 12.4.